The van der Waals surface area contributed by atoms with Crippen LogP contribution in [0.4, 0.5) is 5.69 Å². The van der Waals surface area contributed by atoms with Crippen LogP contribution < -0.4 is 10.9 Å². The molecule has 0 atom stereocenters. The lowest BCUT2D eigenvalue weighted by Crippen LogP contribution is -2.19. The Hall–Kier alpha value is -3.39. The van der Waals surface area contributed by atoms with E-state index in [1.54, 1.807) is 31.2 Å². The Morgan fingerprint density at radius 2 is 1.82 bits per heavy atom. The summed E-state index contributed by atoms with van der Waals surface area (Å²) in [5, 5.41) is 3.17. The average Bonchev–Trinajstić information content (AvgIpc) is 2.81. The summed E-state index contributed by atoms with van der Waals surface area (Å²) in [6, 6.07) is 16.3. The number of aryl methyl sites for hydroxylation is 1. The molecule has 2 aromatic carbocycles. The van der Waals surface area contributed by atoms with Crippen LogP contribution in [0.15, 0.2) is 64.5 Å². The normalized spacial score (nSPS) is 10.6. The van der Waals surface area contributed by atoms with Crippen LogP contribution in [-0.2, 0) is 16.0 Å². The van der Waals surface area contributed by atoms with Crippen LogP contribution >= 0.6 is 11.8 Å². The zero-order valence-corrected chi connectivity index (χ0v) is 19.5. The van der Waals surface area contributed by atoms with E-state index >= 15 is 0 Å². The fourth-order valence-electron chi connectivity index (χ4n) is 3.07. The summed E-state index contributed by atoms with van der Waals surface area (Å²) in [7, 11) is 0. The van der Waals surface area contributed by atoms with E-state index in [1.165, 1.54) is 0 Å². The molecule has 1 amide bonds. The molecule has 0 radical (unpaired) electrons. The predicted octanol–water partition coefficient (Wildman–Crippen LogP) is 4.36. The van der Waals surface area contributed by atoms with Crippen molar-refractivity contribution in [1.29, 1.82) is 0 Å². The number of esters is 1. The van der Waals surface area contributed by atoms with Gasteiger partial charge in [-0.05, 0) is 43.2 Å². The van der Waals surface area contributed by atoms with Crippen LogP contribution in [0.5, 0.6) is 0 Å². The Morgan fingerprint density at radius 3 is 2.48 bits per heavy atom. The summed E-state index contributed by atoms with van der Waals surface area (Å²) in [4.78, 5) is 44.0. The van der Waals surface area contributed by atoms with Crippen molar-refractivity contribution < 1.29 is 14.3 Å². The molecule has 0 spiro atoms. The number of hydrogen-bond donors (Lipinski definition) is 2. The highest BCUT2D eigenvalue weighted by molar-refractivity contribution is 7.99. The summed E-state index contributed by atoms with van der Waals surface area (Å²) in [5.41, 5.74) is 3.10. The van der Waals surface area contributed by atoms with Crippen molar-refractivity contribution in [3.8, 4) is 0 Å². The Bertz CT molecular complexity index is 1140. The fourth-order valence-corrected chi connectivity index (χ4v) is 3.78. The van der Waals surface area contributed by atoms with Gasteiger partial charge in [-0.15, -0.1) is 0 Å². The maximum Gasteiger partial charge on any atom is 0.338 e. The number of thioether (sulfide) groups is 1. The van der Waals surface area contributed by atoms with Crippen molar-refractivity contribution in [3.63, 3.8) is 0 Å². The molecule has 33 heavy (non-hydrogen) atoms. The van der Waals surface area contributed by atoms with Crippen LogP contribution in [0, 0.1) is 6.92 Å². The lowest BCUT2D eigenvalue weighted by Gasteiger charge is -2.08. The third kappa shape index (κ3) is 7.32. The first-order valence-corrected chi connectivity index (χ1v) is 11.8. The maximum absolute atomic E-state index is 12.5. The molecule has 0 aliphatic carbocycles. The monoisotopic (exact) mass is 465 g/mol. The number of amides is 1. The maximum atomic E-state index is 12.5. The molecule has 7 nitrogen and oxygen atoms in total. The molecule has 0 fully saturated rings. The third-order valence-corrected chi connectivity index (χ3v) is 5.77. The van der Waals surface area contributed by atoms with Gasteiger partial charge in [-0.2, -0.15) is 0 Å². The second kappa shape index (κ2) is 12.0. The van der Waals surface area contributed by atoms with Gasteiger partial charge in [-0.3, -0.25) is 9.59 Å². The number of ether oxygens (including phenoxy) is 1. The van der Waals surface area contributed by atoms with Crippen LogP contribution in [0.3, 0.4) is 0 Å². The summed E-state index contributed by atoms with van der Waals surface area (Å²) < 4.78 is 5.17. The molecule has 0 aliphatic rings. The number of aromatic amines is 1. The number of benzene rings is 2. The first-order chi connectivity index (χ1) is 16.0. The van der Waals surface area contributed by atoms with Gasteiger partial charge < -0.3 is 15.0 Å². The third-order valence-electron chi connectivity index (χ3n) is 4.90. The quantitative estimate of drug-likeness (QED) is 0.200. The van der Waals surface area contributed by atoms with Gasteiger partial charge in [0.2, 0.25) is 5.91 Å². The van der Waals surface area contributed by atoms with Crippen molar-refractivity contribution >= 4 is 29.3 Å². The molecule has 172 valence electrons. The Morgan fingerprint density at radius 1 is 1.09 bits per heavy atom. The molecule has 3 aromatic rings. The molecule has 1 aromatic heterocycles. The van der Waals surface area contributed by atoms with Crippen molar-refractivity contribution in [3.05, 3.63) is 87.3 Å². The standard InChI is InChI=1S/C25H27N3O4S/c1-3-4-14-32-24(31)19-10-12-20(13-11-19)27-22(29)16-33-25-26-17(2)21(23(30)28-25)15-18-8-6-5-7-9-18/h5-13H,3-4,14-16H2,1-2H3,(H,27,29)(H,26,28,30). The number of nitrogens with one attached hydrogen (secondary N) is 2. The second-order valence-corrected chi connectivity index (χ2v) is 8.47. The number of hydrogen-bond acceptors (Lipinski definition) is 6. The lowest BCUT2D eigenvalue weighted by atomic mass is 10.1. The van der Waals surface area contributed by atoms with Crippen LogP contribution in [-0.4, -0.2) is 34.2 Å². The van der Waals surface area contributed by atoms with Gasteiger partial charge in [0.1, 0.15) is 0 Å². The molecule has 2 N–H and O–H groups in total. The van der Waals surface area contributed by atoms with E-state index < -0.39 is 0 Å². The van der Waals surface area contributed by atoms with Gasteiger partial charge in [-0.1, -0.05) is 55.4 Å². The predicted molar refractivity (Wildman–Crippen MR) is 130 cm³/mol. The smallest absolute Gasteiger partial charge is 0.338 e. The van der Waals surface area contributed by atoms with Crippen LogP contribution in [0.2, 0.25) is 0 Å². The van der Waals surface area contributed by atoms with Crippen molar-refractivity contribution in [2.24, 2.45) is 0 Å². The first kappa shape index (κ1) is 24.3. The summed E-state index contributed by atoms with van der Waals surface area (Å²) in [6.07, 6.45) is 2.28. The number of aromatic nitrogens is 2. The van der Waals surface area contributed by atoms with Gasteiger partial charge in [0.05, 0.1) is 17.9 Å². The largest absolute Gasteiger partial charge is 0.462 e. The Labute approximate surface area is 197 Å². The number of unbranched alkanes of at least 4 members (excludes halogenated alkanes) is 1. The fraction of sp³-hybridized carbons (Fsp3) is 0.280. The second-order valence-electron chi connectivity index (χ2n) is 7.50. The number of H-pyrrole nitrogens is 1. The summed E-state index contributed by atoms with van der Waals surface area (Å²) in [5.74, 6) is -0.536. The highest BCUT2D eigenvalue weighted by Gasteiger charge is 2.12. The first-order valence-electron chi connectivity index (χ1n) is 10.8. The summed E-state index contributed by atoms with van der Waals surface area (Å²) in [6.45, 7) is 4.22. The zero-order chi connectivity index (χ0) is 23.6. The van der Waals surface area contributed by atoms with Crippen molar-refractivity contribution in [2.45, 2.75) is 38.3 Å². The van der Waals surface area contributed by atoms with Gasteiger partial charge in [0, 0.05) is 23.4 Å². The van der Waals surface area contributed by atoms with E-state index in [0.717, 1.165) is 30.2 Å². The van der Waals surface area contributed by atoms with Crippen LogP contribution in [0.1, 0.15) is 46.9 Å². The molecule has 0 unspecified atom stereocenters. The van der Waals surface area contributed by atoms with Crippen LogP contribution in [0.25, 0.3) is 0 Å². The number of nitrogens with zero attached hydrogens (tertiary/aromatic N) is 1. The SMILES string of the molecule is CCCCOC(=O)c1ccc(NC(=O)CSc2nc(C)c(Cc3ccccc3)c(=O)[nH]2)cc1. The topological polar surface area (TPSA) is 101 Å². The zero-order valence-electron chi connectivity index (χ0n) is 18.7. The van der Waals surface area contributed by atoms with E-state index in [-0.39, 0.29) is 23.2 Å². The number of anilines is 1. The number of carbonyl (C=O) groups excluding carboxylic acids is 2. The summed E-state index contributed by atoms with van der Waals surface area (Å²) >= 11 is 1.16. The minimum atomic E-state index is -0.377. The van der Waals surface area contributed by atoms with E-state index in [4.69, 9.17) is 4.74 Å². The molecule has 0 aliphatic heterocycles. The molecular weight excluding hydrogens is 438 g/mol. The molecule has 8 heteroatoms. The Kier molecular flexibility index (Phi) is 8.83. The molecular formula is C25H27N3O4S. The molecule has 1 heterocycles. The van der Waals surface area contributed by atoms with Crippen molar-refractivity contribution in [2.75, 3.05) is 17.7 Å². The minimum Gasteiger partial charge on any atom is -0.462 e. The van der Waals surface area contributed by atoms with Gasteiger partial charge in [0.15, 0.2) is 5.16 Å². The molecule has 0 bridgehead atoms. The van der Waals surface area contributed by atoms with E-state index in [0.29, 0.717) is 40.7 Å². The molecule has 0 saturated heterocycles. The van der Waals surface area contributed by atoms with Gasteiger partial charge >= 0.3 is 5.97 Å². The molecule has 0 saturated carbocycles. The molecule has 3 rings (SSSR count). The Balaban J connectivity index is 1.53. The van der Waals surface area contributed by atoms with Gasteiger partial charge in [0.25, 0.3) is 5.56 Å². The number of carbonyl (C=O) groups is 2. The minimum absolute atomic E-state index is 0.0845. The lowest BCUT2D eigenvalue weighted by molar-refractivity contribution is -0.113. The van der Waals surface area contributed by atoms with E-state index in [9.17, 15) is 14.4 Å². The van der Waals surface area contributed by atoms with Gasteiger partial charge in [-0.25, -0.2) is 9.78 Å². The highest BCUT2D eigenvalue weighted by Crippen LogP contribution is 2.16. The number of rotatable bonds is 10. The average molecular weight is 466 g/mol. The van der Waals surface area contributed by atoms with E-state index in [1.807, 2.05) is 37.3 Å². The van der Waals surface area contributed by atoms with E-state index in [2.05, 4.69) is 15.3 Å². The highest BCUT2D eigenvalue weighted by atomic mass is 32.2. The van der Waals surface area contributed by atoms with Crippen molar-refractivity contribution in [1.82, 2.24) is 9.97 Å².